The van der Waals surface area contributed by atoms with Gasteiger partial charge in [0.2, 0.25) is 0 Å². The molecule has 49 heavy (non-hydrogen) atoms. The van der Waals surface area contributed by atoms with Gasteiger partial charge in [0, 0.05) is 22.9 Å². The van der Waals surface area contributed by atoms with Crippen LogP contribution in [0.15, 0.2) is 0 Å². The quantitative estimate of drug-likeness (QED) is 0.144. The summed E-state index contributed by atoms with van der Waals surface area (Å²) in [7, 11) is 0. The van der Waals surface area contributed by atoms with Gasteiger partial charge >= 0.3 is 0 Å². The Balaban J connectivity index is 0.00000256. The summed E-state index contributed by atoms with van der Waals surface area (Å²) in [6.45, 7) is 0. The largest absolute Gasteiger partial charge is 0.358 e. The van der Waals surface area contributed by atoms with E-state index in [4.69, 9.17) is 0 Å². The minimum atomic E-state index is 0. The van der Waals surface area contributed by atoms with Gasteiger partial charge in [0.15, 0.2) is 0 Å². The molecule has 0 aromatic rings. The van der Waals surface area contributed by atoms with Crippen LogP contribution in [0.2, 0.25) is 0 Å². The average Bonchev–Trinajstić information content (AvgIpc) is 3.73. The van der Waals surface area contributed by atoms with Crippen molar-refractivity contribution in [1.82, 2.24) is 42.5 Å². The molecule has 9 aliphatic rings. The van der Waals surface area contributed by atoms with Crippen molar-refractivity contribution in [3.05, 3.63) is 65.8 Å². The fourth-order valence-electron chi connectivity index (χ4n) is 11.7. The van der Waals surface area contributed by atoms with E-state index in [0.29, 0.717) is 61.2 Å². The van der Waals surface area contributed by atoms with Crippen LogP contribution in [0.25, 0.3) is 0 Å². The van der Waals surface area contributed by atoms with Crippen molar-refractivity contribution in [2.45, 2.75) is 146 Å². The van der Waals surface area contributed by atoms with Crippen LogP contribution in [0.1, 0.15) is 96.3 Å². The molecule has 9 fully saturated rings. The van der Waals surface area contributed by atoms with Crippen molar-refractivity contribution in [3.63, 3.8) is 0 Å². The average molecular weight is 731 g/mol. The van der Waals surface area contributed by atoms with E-state index in [1.54, 1.807) is 0 Å². The molecule has 4 saturated carbocycles. The van der Waals surface area contributed by atoms with E-state index in [0.717, 1.165) is 35.5 Å². The minimum absolute atomic E-state index is 0. The zero-order valence-electron chi connectivity index (χ0n) is 32.8. The normalized spacial score (nSPS) is 47.0. The molecule has 9 rings (SSSR count). The van der Waals surface area contributed by atoms with Crippen LogP contribution in [0.4, 0.5) is 0 Å². The predicted molar refractivity (Wildman–Crippen MR) is 208 cm³/mol. The summed E-state index contributed by atoms with van der Waals surface area (Å²) >= 11 is 0. The molecule has 8 N–H and O–H groups in total. The Morgan fingerprint density at radius 1 is 0.286 bits per heavy atom. The molecule has 8 nitrogen and oxygen atoms in total. The Hall–Kier alpha value is 0.186. The van der Waals surface area contributed by atoms with Gasteiger partial charge < -0.3 is 65.8 Å². The molecule has 4 aliphatic carbocycles. The van der Waals surface area contributed by atoms with Gasteiger partial charge in [-0.2, -0.15) is 6.42 Å². The minimum Gasteiger partial charge on any atom is -0.358 e. The number of nitrogens with one attached hydrogen (secondary N) is 8. The summed E-state index contributed by atoms with van der Waals surface area (Å²) in [6, 6.07) is 0. The molecule has 16 atom stereocenters. The van der Waals surface area contributed by atoms with Crippen molar-refractivity contribution < 1.29 is 16.8 Å². The van der Waals surface area contributed by atoms with Crippen molar-refractivity contribution in [2.24, 2.45) is 47.3 Å². The first-order valence-corrected chi connectivity index (χ1v) is 17.7. The zero-order chi connectivity index (χ0) is 26.2. The summed E-state index contributed by atoms with van der Waals surface area (Å²) in [5.41, 5.74) is 0. The summed E-state index contributed by atoms with van der Waals surface area (Å²) in [6.07, 6.45) is 26.4. The zero-order valence-corrected chi connectivity index (χ0v) is 33.8. The SMILES string of the molecule is [CH-]1CCCC2C3NC(NC4NC(NC5NC(NC6NC(N3)C3CCCCC63)C3CCCCC53)C3CCCCC43)C12.[CH3-].[CH3-].[CH3-].[CH3-].[CH3-].[CH3-].[CH3-].[CH3-].[Co]. The van der Waals surface area contributed by atoms with Crippen LogP contribution < -0.4 is 42.5 Å². The summed E-state index contributed by atoms with van der Waals surface area (Å²) in [5.74, 6) is 5.74. The van der Waals surface area contributed by atoms with Gasteiger partial charge in [-0.25, -0.2) is 0 Å². The van der Waals surface area contributed by atoms with Gasteiger partial charge in [0.05, 0.1) is 43.2 Å². The van der Waals surface area contributed by atoms with Gasteiger partial charge in [-0.3, -0.25) is 42.5 Å². The molecule has 5 aliphatic heterocycles. The third-order valence-corrected chi connectivity index (χ3v) is 13.6. The van der Waals surface area contributed by atoms with Crippen LogP contribution in [0.3, 0.4) is 0 Å². The molecule has 5 saturated heterocycles. The number of rotatable bonds is 0. The molecular formula is C40H79CoN8-9. The van der Waals surface area contributed by atoms with Gasteiger partial charge in [-0.15, -0.1) is 5.92 Å². The standard InChI is InChI=1S/C32H55N8.8CH3.Co/c1-2-10-18-17(9-1)25-33-26(18)38-28-21-13-5-6-14-22(21)30(35-28)40-32-24-16-8-7-15-23(24)31(36-32)39-29-20-12-4-3-11-19(20)27(34-29)37-25;;;;;;;;;/h9,17-40H,1-8,10-16H2;8*1H3;/q9*-1;. The maximum absolute atomic E-state index is 4.25. The monoisotopic (exact) mass is 731 g/mol. The Kier molecular flexibility index (Phi) is 20.7. The molecule has 9 heteroatoms. The Morgan fingerprint density at radius 3 is 0.796 bits per heavy atom. The Bertz CT molecular complexity index is 719. The van der Waals surface area contributed by atoms with E-state index in [9.17, 15) is 0 Å². The summed E-state index contributed by atoms with van der Waals surface area (Å²) < 4.78 is 0. The first-order valence-electron chi connectivity index (χ1n) is 17.7. The molecule has 0 amide bonds. The topological polar surface area (TPSA) is 96.2 Å². The summed E-state index contributed by atoms with van der Waals surface area (Å²) in [4.78, 5) is 0. The van der Waals surface area contributed by atoms with Crippen LogP contribution in [0, 0.1) is 113 Å². The number of hydrogen-bond donors (Lipinski definition) is 8. The van der Waals surface area contributed by atoms with E-state index in [1.807, 2.05) is 0 Å². The van der Waals surface area contributed by atoms with Crippen LogP contribution >= 0.6 is 0 Å². The van der Waals surface area contributed by atoms with Gasteiger partial charge in [-0.05, 0) is 80.0 Å². The van der Waals surface area contributed by atoms with Gasteiger partial charge in [-0.1, -0.05) is 51.4 Å². The van der Waals surface area contributed by atoms with E-state index in [1.165, 1.54) is 96.3 Å². The molecule has 0 spiro atoms. The second kappa shape index (κ2) is 20.6. The maximum atomic E-state index is 4.25. The van der Waals surface area contributed by atoms with E-state index in [-0.39, 0.29) is 76.2 Å². The predicted octanol–water partition coefficient (Wildman–Crippen LogP) is 6.02. The van der Waals surface area contributed by atoms with Crippen molar-refractivity contribution in [2.75, 3.05) is 0 Å². The fraction of sp³-hybridized carbons (Fsp3) is 0.775. The number of fused-ring (bicyclic) bond motifs is 20. The molecule has 8 bridgehead atoms. The Morgan fingerprint density at radius 2 is 0.510 bits per heavy atom. The molecule has 5 heterocycles. The smallest absolute Gasteiger partial charge is 0.0628 e. The third-order valence-electron chi connectivity index (χ3n) is 13.6. The van der Waals surface area contributed by atoms with Gasteiger partial charge in [0.1, 0.15) is 0 Å². The van der Waals surface area contributed by atoms with Gasteiger partial charge in [0.25, 0.3) is 0 Å². The Labute approximate surface area is 317 Å². The first-order chi connectivity index (χ1) is 19.8. The first kappa shape index (κ1) is 49.2. The van der Waals surface area contributed by atoms with Crippen LogP contribution in [0.5, 0.6) is 0 Å². The molecular weight excluding hydrogens is 651 g/mol. The molecule has 0 aromatic carbocycles. The second-order valence-electron chi connectivity index (χ2n) is 15.4. The van der Waals surface area contributed by atoms with Crippen LogP contribution in [-0.2, 0) is 16.8 Å². The van der Waals surface area contributed by atoms with E-state index < -0.39 is 0 Å². The van der Waals surface area contributed by atoms with Crippen molar-refractivity contribution in [3.8, 4) is 0 Å². The number of hydrogen-bond acceptors (Lipinski definition) is 8. The summed E-state index contributed by atoms with van der Waals surface area (Å²) in [5, 5.41) is 33.7. The van der Waals surface area contributed by atoms with E-state index in [2.05, 4.69) is 49.0 Å². The third kappa shape index (κ3) is 8.78. The van der Waals surface area contributed by atoms with Crippen LogP contribution in [-0.4, -0.2) is 49.3 Å². The van der Waals surface area contributed by atoms with Crippen molar-refractivity contribution >= 4 is 0 Å². The molecule has 0 aromatic heterocycles. The maximum Gasteiger partial charge on any atom is 0.0628 e. The molecule has 297 valence electrons. The molecule has 1 radical (unpaired) electrons. The second-order valence-corrected chi connectivity index (χ2v) is 15.4. The van der Waals surface area contributed by atoms with Crippen molar-refractivity contribution in [1.29, 1.82) is 0 Å². The fourth-order valence-corrected chi connectivity index (χ4v) is 11.7. The molecule has 16 unspecified atom stereocenters. The van der Waals surface area contributed by atoms with E-state index >= 15 is 0 Å².